The summed E-state index contributed by atoms with van der Waals surface area (Å²) in [6.07, 6.45) is 10.2. The number of rotatable bonds is 4. The van der Waals surface area contributed by atoms with E-state index >= 15 is 0 Å². The van der Waals surface area contributed by atoms with Crippen LogP contribution in [-0.4, -0.2) is 47.4 Å². The van der Waals surface area contributed by atoms with E-state index < -0.39 is 0 Å². The molecule has 0 radical (unpaired) electrons. The maximum Gasteiger partial charge on any atom is 0.276 e. The third kappa shape index (κ3) is 2.89. The van der Waals surface area contributed by atoms with Crippen LogP contribution in [0.3, 0.4) is 0 Å². The Bertz CT molecular complexity index is 1250. The van der Waals surface area contributed by atoms with Crippen LogP contribution in [0.25, 0.3) is 22.7 Å². The number of anilines is 1. The van der Waals surface area contributed by atoms with Gasteiger partial charge >= 0.3 is 0 Å². The van der Waals surface area contributed by atoms with Crippen LogP contribution in [0, 0.1) is 6.92 Å². The molecular weight excluding hydrogens is 368 g/mol. The molecule has 1 fully saturated rings. The lowest BCUT2D eigenvalue weighted by Gasteiger charge is -2.16. The Balaban J connectivity index is 1.54. The normalized spacial score (nSPS) is 14.2. The van der Waals surface area contributed by atoms with Crippen molar-refractivity contribution in [3.05, 3.63) is 52.5 Å². The summed E-state index contributed by atoms with van der Waals surface area (Å²) in [5, 5.41) is 7.46. The molecule has 5 rings (SSSR count). The summed E-state index contributed by atoms with van der Waals surface area (Å²) in [6, 6.07) is 1.93. The van der Waals surface area contributed by atoms with Crippen LogP contribution in [0.1, 0.15) is 31.0 Å². The summed E-state index contributed by atoms with van der Waals surface area (Å²) in [5.74, 6) is 1.45. The second-order valence-electron chi connectivity index (χ2n) is 7.26. The van der Waals surface area contributed by atoms with Gasteiger partial charge in [-0.1, -0.05) is 6.92 Å². The lowest BCUT2D eigenvalue weighted by molar-refractivity contribution is 0.797. The average Bonchev–Trinajstić information content (AvgIpc) is 3.48. The zero-order valence-electron chi connectivity index (χ0n) is 16.5. The lowest BCUT2D eigenvalue weighted by atomic mass is 10.1. The molecule has 0 aliphatic carbocycles. The monoisotopic (exact) mass is 390 g/mol. The second kappa shape index (κ2) is 6.84. The van der Waals surface area contributed by atoms with Crippen molar-refractivity contribution >= 4 is 11.5 Å². The molecule has 9 nitrogen and oxygen atoms in total. The third-order valence-corrected chi connectivity index (χ3v) is 5.47. The lowest BCUT2D eigenvalue weighted by Crippen LogP contribution is -2.21. The van der Waals surface area contributed by atoms with E-state index in [2.05, 4.69) is 30.0 Å². The van der Waals surface area contributed by atoms with Gasteiger partial charge in [-0.15, -0.1) is 0 Å². The third-order valence-electron chi connectivity index (χ3n) is 5.47. The summed E-state index contributed by atoms with van der Waals surface area (Å²) < 4.78 is 3.15. The van der Waals surface area contributed by atoms with Crippen LogP contribution in [0.5, 0.6) is 0 Å². The van der Waals surface area contributed by atoms with Crippen molar-refractivity contribution in [1.29, 1.82) is 0 Å². The molecule has 4 aromatic rings. The Morgan fingerprint density at radius 1 is 1.21 bits per heavy atom. The number of H-pyrrole nitrogens is 1. The molecule has 1 saturated heterocycles. The summed E-state index contributed by atoms with van der Waals surface area (Å²) >= 11 is 0. The highest BCUT2D eigenvalue weighted by Gasteiger charge is 2.17. The second-order valence-corrected chi connectivity index (χ2v) is 7.26. The number of aromatic nitrogens is 7. The van der Waals surface area contributed by atoms with Crippen LogP contribution in [-0.2, 0) is 6.42 Å². The van der Waals surface area contributed by atoms with Crippen LogP contribution >= 0.6 is 0 Å². The summed E-state index contributed by atoms with van der Waals surface area (Å²) in [5.41, 5.74) is 3.67. The van der Waals surface area contributed by atoms with Crippen molar-refractivity contribution in [2.75, 3.05) is 18.0 Å². The highest BCUT2D eigenvalue weighted by molar-refractivity contribution is 5.76. The van der Waals surface area contributed by atoms with Crippen LogP contribution in [0.2, 0.25) is 0 Å². The number of hydrogen-bond acceptors (Lipinski definition) is 6. The van der Waals surface area contributed by atoms with Gasteiger partial charge in [0.1, 0.15) is 5.82 Å². The van der Waals surface area contributed by atoms with Crippen molar-refractivity contribution in [1.82, 2.24) is 34.3 Å². The highest BCUT2D eigenvalue weighted by atomic mass is 16.1. The van der Waals surface area contributed by atoms with Gasteiger partial charge in [0.05, 0.1) is 6.20 Å². The standard InChI is InChI=1S/C20H22N8O/c1-3-15-13(2)24-18-16(11-23-28(18)19(15)29)14-10-22-27(12-14)20-21-7-6-17(25-20)26-8-4-5-9-26/h6-7,10-12,23H,3-5,8-9H2,1-2H3. The minimum Gasteiger partial charge on any atom is -0.356 e. The zero-order chi connectivity index (χ0) is 20.0. The van der Waals surface area contributed by atoms with Gasteiger partial charge in [0.15, 0.2) is 5.65 Å². The highest BCUT2D eigenvalue weighted by Crippen LogP contribution is 2.24. The first kappa shape index (κ1) is 17.6. The fourth-order valence-electron chi connectivity index (χ4n) is 3.92. The number of fused-ring (bicyclic) bond motifs is 1. The maximum absolute atomic E-state index is 12.7. The quantitative estimate of drug-likeness (QED) is 0.573. The fraction of sp³-hybridized carbons (Fsp3) is 0.350. The largest absolute Gasteiger partial charge is 0.356 e. The molecule has 0 saturated carbocycles. The van der Waals surface area contributed by atoms with Gasteiger partial charge in [0, 0.05) is 54.1 Å². The number of nitrogens with one attached hydrogen (secondary N) is 1. The first-order valence-electron chi connectivity index (χ1n) is 9.88. The summed E-state index contributed by atoms with van der Waals surface area (Å²) in [7, 11) is 0. The van der Waals surface area contributed by atoms with Gasteiger partial charge in [0.25, 0.3) is 11.5 Å². The van der Waals surface area contributed by atoms with E-state index in [1.54, 1.807) is 23.3 Å². The van der Waals surface area contributed by atoms with Gasteiger partial charge in [-0.2, -0.15) is 10.1 Å². The number of hydrogen-bond donors (Lipinski definition) is 1. The minimum absolute atomic E-state index is 0.0599. The number of aryl methyl sites for hydroxylation is 1. The SMILES string of the molecule is CCc1c(C)nc2c(-c3cnn(-c4nccc(N5CCCC5)n4)c3)c[nH]n2c1=O. The summed E-state index contributed by atoms with van der Waals surface area (Å²) in [6.45, 7) is 5.88. The molecule has 4 aromatic heterocycles. The van der Waals surface area contributed by atoms with Crippen molar-refractivity contribution in [3.63, 3.8) is 0 Å². The van der Waals surface area contributed by atoms with Crippen molar-refractivity contribution < 1.29 is 0 Å². The fourth-order valence-corrected chi connectivity index (χ4v) is 3.92. The van der Waals surface area contributed by atoms with E-state index in [0.717, 1.165) is 41.3 Å². The van der Waals surface area contributed by atoms with E-state index in [4.69, 9.17) is 0 Å². The van der Waals surface area contributed by atoms with Gasteiger partial charge in [-0.25, -0.2) is 19.2 Å². The number of aromatic amines is 1. The Morgan fingerprint density at radius 2 is 2.03 bits per heavy atom. The van der Waals surface area contributed by atoms with Crippen molar-refractivity contribution in [2.24, 2.45) is 0 Å². The smallest absolute Gasteiger partial charge is 0.276 e. The Kier molecular flexibility index (Phi) is 4.15. The van der Waals surface area contributed by atoms with Gasteiger partial charge in [0.2, 0.25) is 0 Å². The van der Waals surface area contributed by atoms with E-state index in [0.29, 0.717) is 18.0 Å². The van der Waals surface area contributed by atoms with Gasteiger partial charge in [-0.05, 0) is 32.3 Å². The van der Waals surface area contributed by atoms with E-state index in [-0.39, 0.29) is 5.56 Å². The van der Waals surface area contributed by atoms with Crippen LogP contribution in [0.4, 0.5) is 5.82 Å². The van der Waals surface area contributed by atoms with E-state index in [1.165, 1.54) is 17.4 Å². The summed E-state index contributed by atoms with van der Waals surface area (Å²) in [4.78, 5) is 28.6. The number of nitrogens with zero attached hydrogens (tertiary/aromatic N) is 7. The molecule has 148 valence electrons. The molecule has 0 bridgehead atoms. The van der Waals surface area contributed by atoms with Crippen molar-refractivity contribution in [2.45, 2.75) is 33.1 Å². The first-order valence-corrected chi connectivity index (χ1v) is 9.88. The molecule has 0 atom stereocenters. The van der Waals surface area contributed by atoms with Gasteiger partial charge < -0.3 is 4.90 Å². The van der Waals surface area contributed by atoms with Crippen molar-refractivity contribution in [3.8, 4) is 17.1 Å². The molecule has 1 N–H and O–H groups in total. The molecule has 0 amide bonds. The first-order chi connectivity index (χ1) is 14.2. The predicted molar refractivity (Wildman–Crippen MR) is 110 cm³/mol. The predicted octanol–water partition coefficient (Wildman–Crippen LogP) is 2.14. The molecule has 0 spiro atoms. The average molecular weight is 390 g/mol. The van der Waals surface area contributed by atoms with Crippen LogP contribution in [0.15, 0.2) is 35.6 Å². The van der Waals surface area contributed by atoms with Gasteiger partial charge in [-0.3, -0.25) is 9.89 Å². The molecule has 1 aliphatic heterocycles. The molecule has 0 aromatic carbocycles. The maximum atomic E-state index is 12.7. The minimum atomic E-state index is -0.0599. The molecule has 5 heterocycles. The van der Waals surface area contributed by atoms with E-state index in [1.807, 2.05) is 26.1 Å². The molecule has 0 unspecified atom stereocenters. The zero-order valence-corrected chi connectivity index (χ0v) is 16.5. The Morgan fingerprint density at radius 3 is 2.83 bits per heavy atom. The Labute approximate surface area is 167 Å². The molecule has 29 heavy (non-hydrogen) atoms. The molecule has 9 heteroatoms. The molecular formula is C20H22N8O. The molecule has 1 aliphatic rings. The topological polar surface area (TPSA) is 97.0 Å². The van der Waals surface area contributed by atoms with Crippen LogP contribution < -0.4 is 10.5 Å². The van der Waals surface area contributed by atoms with E-state index in [9.17, 15) is 4.79 Å². The Hall–Kier alpha value is -3.49.